The highest BCUT2D eigenvalue weighted by atomic mass is 79.9. The Morgan fingerprint density at radius 3 is 2.71 bits per heavy atom. The molecule has 0 aliphatic carbocycles. The van der Waals surface area contributed by atoms with Crippen molar-refractivity contribution in [2.24, 2.45) is 0 Å². The van der Waals surface area contributed by atoms with Crippen LogP contribution in [0.15, 0.2) is 53.0 Å². The molecule has 0 heterocycles. The molecule has 0 aliphatic heterocycles. The first-order valence-electron chi connectivity index (χ1n) is 6.48. The summed E-state index contributed by atoms with van der Waals surface area (Å²) >= 11 is 3.35. The molecule has 1 N–H and O–H groups in total. The number of hydrogen-bond donors (Lipinski definition) is 1. The third-order valence-corrected chi connectivity index (χ3v) is 3.23. The van der Waals surface area contributed by atoms with Crippen LogP contribution in [0, 0.1) is 0 Å². The molecule has 0 aromatic heterocycles. The van der Waals surface area contributed by atoms with Gasteiger partial charge in [-0.2, -0.15) is 0 Å². The van der Waals surface area contributed by atoms with Gasteiger partial charge in [0, 0.05) is 28.9 Å². The first-order chi connectivity index (χ1) is 10.2. The van der Waals surface area contributed by atoms with Gasteiger partial charge < -0.3 is 14.8 Å². The van der Waals surface area contributed by atoms with E-state index >= 15 is 0 Å². The zero-order chi connectivity index (χ0) is 15.1. The molecule has 2 aromatic carbocycles. The fraction of sp³-hybridized carbons (Fsp3) is 0.188. The van der Waals surface area contributed by atoms with E-state index in [4.69, 9.17) is 9.47 Å². The highest BCUT2D eigenvalue weighted by Crippen LogP contribution is 2.19. The van der Waals surface area contributed by atoms with Gasteiger partial charge in [-0.15, -0.1) is 0 Å². The van der Waals surface area contributed by atoms with Gasteiger partial charge in [0.05, 0.1) is 6.61 Å². The van der Waals surface area contributed by atoms with Crippen LogP contribution in [0.3, 0.4) is 0 Å². The molecule has 0 saturated heterocycles. The highest BCUT2D eigenvalue weighted by molar-refractivity contribution is 9.10. The van der Waals surface area contributed by atoms with E-state index in [1.807, 2.05) is 30.3 Å². The van der Waals surface area contributed by atoms with Gasteiger partial charge in [-0.3, -0.25) is 4.79 Å². The first kappa shape index (κ1) is 15.5. The van der Waals surface area contributed by atoms with E-state index in [1.165, 1.54) is 0 Å². The highest BCUT2D eigenvalue weighted by Gasteiger charge is 2.07. The van der Waals surface area contributed by atoms with Crippen molar-refractivity contribution in [3.8, 4) is 5.75 Å². The molecule has 0 atom stereocenters. The van der Waals surface area contributed by atoms with Crippen LogP contribution in [0.25, 0.3) is 0 Å². The van der Waals surface area contributed by atoms with Crippen LogP contribution >= 0.6 is 15.9 Å². The number of rotatable bonds is 6. The average molecular weight is 350 g/mol. The predicted molar refractivity (Wildman–Crippen MR) is 85.9 cm³/mol. The number of nitrogens with one attached hydrogen (secondary N) is 1. The number of halogens is 1. The lowest BCUT2D eigenvalue weighted by Crippen LogP contribution is -2.12. The minimum atomic E-state index is -0.162. The summed E-state index contributed by atoms with van der Waals surface area (Å²) in [6.45, 7) is 0.994. The van der Waals surface area contributed by atoms with Crippen molar-refractivity contribution in [1.82, 2.24) is 0 Å². The first-order valence-corrected chi connectivity index (χ1v) is 7.27. The third kappa shape index (κ3) is 4.88. The molecule has 2 aromatic rings. The third-order valence-electron chi connectivity index (χ3n) is 2.73. The second kappa shape index (κ2) is 7.81. The molecule has 0 unspecified atom stereocenters. The summed E-state index contributed by atoms with van der Waals surface area (Å²) in [5, 5.41) is 2.85. The van der Waals surface area contributed by atoms with Crippen LogP contribution < -0.4 is 10.1 Å². The monoisotopic (exact) mass is 349 g/mol. The van der Waals surface area contributed by atoms with Crippen LogP contribution in [0.5, 0.6) is 5.75 Å². The Bertz CT molecular complexity index is 616. The van der Waals surface area contributed by atoms with Crippen LogP contribution in [0.1, 0.15) is 10.4 Å². The summed E-state index contributed by atoms with van der Waals surface area (Å²) in [7, 11) is 1.62. The second-order valence-corrected chi connectivity index (χ2v) is 5.25. The van der Waals surface area contributed by atoms with E-state index in [1.54, 1.807) is 25.3 Å². The zero-order valence-corrected chi connectivity index (χ0v) is 13.2. The molecule has 21 heavy (non-hydrogen) atoms. The molecule has 0 aliphatic rings. The van der Waals surface area contributed by atoms with Gasteiger partial charge in [0.2, 0.25) is 0 Å². The average Bonchev–Trinajstić information content (AvgIpc) is 2.48. The number of anilines is 1. The maximum absolute atomic E-state index is 12.1. The van der Waals surface area contributed by atoms with Gasteiger partial charge in [-0.05, 0) is 30.3 Å². The Morgan fingerprint density at radius 1 is 1.14 bits per heavy atom. The number of hydrogen-bond acceptors (Lipinski definition) is 3. The van der Waals surface area contributed by atoms with Gasteiger partial charge in [-0.25, -0.2) is 0 Å². The van der Waals surface area contributed by atoms with Crippen molar-refractivity contribution >= 4 is 27.5 Å². The van der Waals surface area contributed by atoms with Crippen molar-refractivity contribution in [3.05, 3.63) is 58.6 Å². The van der Waals surface area contributed by atoms with Crippen LogP contribution in [0.4, 0.5) is 5.69 Å². The summed E-state index contributed by atoms with van der Waals surface area (Å²) in [6.07, 6.45) is 0. The van der Waals surface area contributed by atoms with E-state index in [0.717, 1.165) is 4.47 Å². The zero-order valence-electron chi connectivity index (χ0n) is 11.6. The summed E-state index contributed by atoms with van der Waals surface area (Å²) in [5.74, 6) is 0.532. The molecule has 0 spiro atoms. The van der Waals surface area contributed by atoms with Crippen molar-refractivity contribution in [2.75, 3.05) is 25.6 Å². The number of ether oxygens (including phenoxy) is 2. The largest absolute Gasteiger partial charge is 0.491 e. The standard InChI is InChI=1S/C16H16BrNO3/c1-20-8-9-21-15-7-3-6-14(11-15)18-16(19)12-4-2-5-13(17)10-12/h2-7,10-11H,8-9H2,1H3,(H,18,19). The van der Waals surface area contributed by atoms with E-state index in [0.29, 0.717) is 30.2 Å². The maximum atomic E-state index is 12.1. The molecule has 0 bridgehead atoms. The smallest absolute Gasteiger partial charge is 0.255 e. The molecule has 110 valence electrons. The molecular weight excluding hydrogens is 334 g/mol. The maximum Gasteiger partial charge on any atom is 0.255 e. The van der Waals surface area contributed by atoms with Crippen molar-refractivity contribution in [3.63, 3.8) is 0 Å². The van der Waals surface area contributed by atoms with Crippen molar-refractivity contribution < 1.29 is 14.3 Å². The molecular formula is C16H16BrNO3. The minimum absolute atomic E-state index is 0.162. The summed E-state index contributed by atoms with van der Waals surface area (Å²) in [4.78, 5) is 12.1. The second-order valence-electron chi connectivity index (χ2n) is 4.33. The summed E-state index contributed by atoms with van der Waals surface area (Å²) < 4.78 is 11.3. The lowest BCUT2D eigenvalue weighted by Gasteiger charge is -2.09. The lowest BCUT2D eigenvalue weighted by molar-refractivity contribution is 0.102. The predicted octanol–water partition coefficient (Wildman–Crippen LogP) is 3.73. The summed E-state index contributed by atoms with van der Waals surface area (Å²) in [6, 6.07) is 14.5. The van der Waals surface area contributed by atoms with Gasteiger partial charge in [0.15, 0.2) is 0 Å². The molecule has 0 fully saturated rings. The molecule has 0 radical (unpaired) electrons. The van der Waals surface area contributed by atoms with E-state index < -0.39 is 0 Å². The number of carbonyl (C=O) groups is 1. The quantitative estimate of drug-likeness (QED) is 0.808. The topological polar surface area (TPSA) is 47.6 Å². The van der Waals surface area contributed by atoms with Crippen molar-refractivity contribution in [2.45, 2.75) is 0 Å². The van der Waals surface area contributed by atoms with Crippen LogP contribution in [-0.4, -0.2) is 26.2 Å². The number of carbonyl (C=O) groups excluding carboxylic acids is 1. The van der Waals surface area contributed by atoms with E-state index in [9.17, 15) is 4.79 Å². The Balaban J connectivity index is 2.02. The minimum Gasteiger partial charge on any atom is -0.491 e. The number of methoxy groups -OCH3 is 1. The molecule has 5 heteroatoms. The summed E-state index contributed by atoms with van der Waals surface area (Å²) in [5.41, 5.74) is 1.28. The normalized spacial score (nSPS) is 10.2. The van der Waals surface area contributed by atoms with Gasteiger partial charge >= 0.3 is 0 Å². The molecule has 4 nitrogen and oxygen atoms in total. The van der Waals surface area contributed by atoms with Gasteiger partial charge in [-0.1, -0.05) is 28.1 Å². The molecule has 1 amide bonds. The van der Waals surface area contributed by atoms with E-state index in [2.05, 4.69) is 21.2 Å². The Labute approximate surface area is 132 Å². The fourth-order valence-corrected chi connectivity index (χ4v) is 2.14. The SMILES string of the molecule is COCCOc1cccc(NC(=O)c2cccc(Br)c2)c1. The fourth-order valence-electron chi connectivity index (χ4n) is 1.74. The Morgan fingerprint density at radius 2 is 1.95 bits per heavy atom. The van der Waals surface area contributed by atoms with Crippen LogP contribution in [-0.2, 0) is 4.74 Å². The lowest BCUT2D eigenvalue weighted by atomic mass is 10.2. The van der Waals surface area contributed by atoms with Gasteiger partial charge in [0.1, 0.15) is 12.4 Å². The number of amides is 1. The Hall–Kier alpha value is -1.85. The Kier molecular flexibility index (Phi) is 5.78. The number of benzene rings is 2. The van der Waals surface area contributed by atoms with Gasteiger partial charge in [0.25, 0.3) is 5.91 Å². The van der Waals surface area contributed by atoms with Crippen LogP contribution in [0.2, 0.25) is 0 Å². The van der Waals surface area contributed by atoms with E-state index in [-0.39, 0.29) is 5.91 Å². The molecule has 0 saturated carbocycles. The van der Waals surface area contributed by atoms with Crippen molar-refractivity contribution in [1.29, 1.82) is 0 Å². The molecule has 2 rings (SSSR count).